The number of hydrazine groups is 2. The first-order valence-corrected chi connectivity index (χ1v) is 5.05. The van der Waals surface area contributed by atoms with Crippen LogP contribution < -0.4 is 27.9 Å². The van der Waals surface area contributed by atoms with Gasteiger partial charge in [0.2, 0.25) is 0 Å². The van der Waals surface area contributed by atoms with Gasteiger partial charge in [0.1, 0.15) is 0 Å². The van der Waals surface area contributed by atoms with E-state index in [1.54, 1.807) is 0 Å². The fourth-order valence-corrected chi connectivity index (χ4v) is 1.84. The Morgan fingerprint density at radius 3 is 2.21 bits per heavy atom. The minimum atomic E-state index is -0.865. The van der Waals surface area contributed by atoms with Gasteiger partial charge >= 0.3 is 0 Å². The minimum absolute atomic E-state index is 0.0499. The Bertz CT molecular complexity index is 625. The average Bonchev–Trinajstić information content (AvgIpc) is 2.42. The zero-order valence-electron chi connectivity index (χ0n) is 9.44. The molecule has 9 nitrogen and oxygen atoms in total. The number of carbonyl (C=O) groups is 4. The van der Waals surface area contributed by atoms with E-state index in [2.05, 4.69) is 0 Å². The third-order valence-electron chi connectivity index (χ3n) is 2.64. The van der Waals surface area contributed by atoms with Gasteiger partial charge in [-0.15, -0.1) is 0 Å². The second kappa shape index (κ2) is 4.48. The van der Waals surface area contributed by atoms with Crippen molar-refractivity contribution in [3.8, 4) is 0 Å². The smallest absolute Gasteiger partial charge is 0.266 e. The van der Waals surface area contributed by atoms with Crippen LogP contribution in [-0.4, -0.2) is 23.6 Å². The summed E-state index contributed by atoms with van der Waals surface area (Å²) in [5.74, 6) is 6.77. The molecule has 1 heterocycles. The van der Waals surface area contributed by atoms with Gasteiger partial charge in [-0.1, -0.05) is 0 Å². The van der Waals surface area contributed by atoms with Crippen molar-refractivity contribution in [2.45, 2.75) is 0 Å². The molecule has 0 spiro atoms. The topological polar surface area (TPSA) is 156 Å². The van der Waals surface area contributed by atoms with Gasteiger partial charge in [0.05, 0.1) is 22.3 Å². The minimum Gasteiger partial charge on any atom is -0.290 e. The second-order valence-electron chi connectivity index (χ2n) is 3.64. The predicted molar refractivity (Wildman–Crippen MR) is 61.5 cm³/mol. The lowest BCUT2D eigenvalue weighted by Crippen LogP contribution is -2.44. The molecule has 0 aromatic heterocycles. The number of nitrogens with one attached hydrogen (secondary N) is 3. The lowest BCUT2D eigenvalue weighted by molar-refractivity contribution is 0.0813. The van der Waals surface area contributed by atoms with Gasteiger partial charge in [-0.25, -0.2) is 11.7 Å². The van der Waals surface area contributed by atoms with Crippen LogP contribution in [0.25, 0.3) is 0 Å². The van der Waals surface area contributed by atoms with Crippen LogP contribution >= 0.6 is 0 Å². The molecule has 0 saturated carbocycles. The highest BCUT2D eigenvalue weighted by Gasteiger charge is 2.34. The zero-order chi connectivity index (χ0) is 14.2. The van der Waals surface area contributed by atoms with Gasteiger partial charge < -0.3 is 0 Å². The highest BCUT2D eigenvalue weighted by atomic mass is 16.2. The highest BCUT2D eigenvalue weighted by Crippen LogP contribution is 2.23. The molecule has 0 saturated heterocycles. The van der Waals surface area contributed by atoms with Crippen LogP contribution in [0.2, 0.25) is 0 Å². The molecule has 0 atom stereocenters. The number of nitrogen functional groups attached to an aromatic ring is 2. The number of imide groups is 1. The molecule has 1 aromatic carbocycles. The van der Waals surface area contributed by atoms with E-state index in [-0.39, 0.29) is 22.3 Å². The van der Waals surface area contributed by atoms with Crippen molar-refractivity contribution in [3.63, 3.8) is 0 Å². The first kappa shape index (κ1) is 12.7. The summed E-state index contributed by atoms with van der Waals surface area (Å²) < 4.78 is 0. The molecule has 2 rings (SSSR count). The van der Waals surface area contributed by atoms with E-state index in [0.717, 1.165) is 0 Å². The van der Waals surface area contributed by atoms with Crippen LogP contribution in [0.5, 0.6) is 0 Å². The molecule has 1 aliphatic rings. The maximum absolute atomic E-state index is 11.8. The van der Waals surface area contributed by atoms with E-state index in [9.17, 15) is 19.2 Å². The molecule has 0 aliphatic carbocycles. The summed E-state index contributed by atoms with van der Waals surface area (Å²) in [6, 6.07) is 2.47. The van der Waals surface area contributed by atoms with Crippen molar-refractivity contribution in [2.24, 2.45) is 11.7 Å². The molecule has 4 amide bonds. The highest BCUT2D eigenvalue weighted by molar-refractivity contribution is 6.26. The molecule has 2 bridgehead atoms. The Morgan fingerprint density at radius 1 is 1.00 bits per heavy atom. The molecule has 1 aliphatic heterocycles. The lowest BCUT2D eigenvalue weighted by Gasteiger charge is -2.20. The summed E-state index contributed by atoms with van der Waals surface area (Å²) in [6.45, 7) is 0. The van der Waals surface area contributed by atoms with Gasteiger partial charge in [0.25, 0.3) is 23.6 Å². The van der Waals surface area contributed by atoms with Gasteiger partial charge in [-0.3, -0.25) is 35.3 Å². The summed E-state index contributed by atoms with van der Waals surface area (Å²) in [5, 5.41) is 2.01. The number of nitrogens with two attached hydrogens (primary N) is 2. The zero-order valence-corrected chi connectivity index (χ0v) is 9.44. The maximum Gasteiger partial charge on any atom is 0.266 e. The van der Waals surface area contributed by atoms with Crippen molar-refractivity contribution < 1.29 is 19.2 Å². The number of hydrogen-bond donors (Lipinski definition) is 5. The van der Waals surface area contributed by atoms with E-state index in [1.165, 1.54) is 12.1 Å². The number of benzene rings is 1. The van der Waals surface area contributed by atoms with Crippen molar-refractivity contribution >= 4 is 23.6 Å². The summed E-state index contributed by atoms with van der Waals surface area (Å²) in [7, 11) is 0. The molecule has 0 fully saturated rings. The SMILES string of the molecule is NNC(=O)c1ccc2c(C(=O)NN)c1C(=O)NC2=O. The molecular weight excluding hydrogens is 254 g/mol. The fourth-order valence-electron chi connectivity index (χ4n) is 1.84. The monoisotopic (exact) mass is 263 g/mol. The van der Waals surface area contributed by atoms with Gasteiger partial charge in [0, 0.05) is 0 Å². The van der Waals surface area contributed by atoms with Crippen LogP contribution in [0.1, 0.15) is 41.4 Å². The molecule has 9 heteroatoms. The first-order valence-electron chi connectivity index (χ1n) is 5.05. The Balaban J connectivity index is 2.79. The third kappa shape index (κ3) is 1.82. The van der Waals surface area contributed by atoms with Crippen LogP contribution in [0.15, 0.2) is 12.1 Å². The quantitative estimate of drug-likeness (QED) is 0.176. The largest absolute Gasteiger partial charge is 0.290 e. The summed E-state index contributed by atoms with van der Waals surface area (Å²) >= 11 is 0. The number of hydrogen-bond acceptors (Lipinski definition) is 6. The van der Waals surface area contributed by atoms with E-state index in [0.29, 0.717) is 0 Å². The normalized spacial score (nSPS) is 12.7. The van der Waals surface area contributed by atoms with Crippen molar-refractivity contribution in [1.82, 2.24) is 16.2 Å². The summed E-state index contributed by atoms with van der Waals surface area (Å²) in [4.78, 5) is 46.6. The van der Waals surface area contributed by atoms with E-state index in [4.69, 9.17) is 11.7 Å². The van der Waals surface area contributed by atoms with Crippen molar-refractivity contribution in [2.75, 3.05) is 0 Å². The van der Waals surface area contributed by atoms with E-state index in [1.807, 2.05) is 16.2 Å². The molecule has 7 N–H and O–H groups in total. The molecular formula is C10H9N5O4. The Hall–Kier alpha value is -2.78. The predicted octanol–water partition coefficient (Wildman–Crippen LogP) is -2.22. The Morgan fingerprint density at radius 2 is 1.63 bits per heavy atom. The number of carbonyl (C=O) groups excluding carboxylic acids is 4. The second-order valence-corrected chi connectivity index (χ2v) is 3.64. The standard InChI is InChI=1S/C10H9N5O4/c11-14-8(17)4-2-1-3-6(10(19)15-12)5(4)9(18)13-7(3)16/h1-2H,11-12H2,(H,14,17)(H,15,19)(H,13,16,18). The van der Waals surface area contributed by atoms with Gasteiger partial charge in [0.15, 0.2) is 0 Å². The number of fused-ring (bicyclic) bond motifs is 2. The van der Waals surface area contributed by atoms with Crippen LogP contribution in [0.4, 0.5) is 0 Å². The Labute approximate surface area is 106 Å². The Kier molecular flexibility index (Phi) is 2.99. The lowest BCUT2D eigenvalue weighted by atomic mass is 9.91. The fraction of sp³-hybridized carbons (Fsp3) is 0. The van der Waals surface area contributed by atoms with Crippen LogP contribution in [0.3, 0.4) is 0 Å². The molecule has 98 valence electrons. The van der Waals surface area contributed by atoms with E-state index < -0.39 is 23.6 Å². The molecule has 0 unspecified atom stereocenters. The first-order chi connectivity index (χ1) is 9.01. The van der Waals surface area contributed by atoms with Crippen molar-refractivity contribution in [3.05, 3.63) is 34.4 Å². The van der Waals surface area contributed by atoms with Crippen LogP contribution in [0, 0.1) is 0 Å². The maximum atomic E-state index is 11.8. The van der Waals surface area contributed by atoms with Crippen molar-refractivity contribution in [1.29, 1.82) is 0 Å². The van der Waals surface area contributed by atoms with E-state index >= 15 is 0 Å². The third-order valence-corrected chi connectivity index (χ3v) is 2.64. The summed E-state index contributed by atoms with van der Waals surface area (Å²) in [5.41, 5.74) is 2.99. The van der Waals surface area contributed by atoms with Crippen LogP contribution in [-0.2, 0) is 0 Å². The average molecular weight is 263 g/mol. The summed E-state index contributed by atoms with van der Waals surface area (Å²) in [6.07, 6.45) is 0. The van der Waals surface area contributed by atoms with Gasteiger partial charge in [-0.05, 0) is 12.1 Å². The number of amides is 4. The molecule has 0 radical (unpaired) electrons. The molecule has 19 heavy (non-hydrogen) atoms. The number of rotatable bonds is 2. The van der Waals surface area contributed by atoms with Gasteiger partial charge in [-0.2, -0.15) is 0 Å². The molecule has 1 aromatic rings.